The van der Waals surface area contributed by atoms with E-state index >= 15 is 0 Å². The van der Waals surface area contributed by atoms with Crippen LogP contribution in [0.2, 0.25) is 0 Å². The molecule has 3 rings (SSSR count). The van der Waals surface area contributed by atoms with Crippen molar-refractivity contribution >= 4 is 35.3 Å². The number of benzene rings is 2. The van der Waals surface area contributed by atoms with Gasteiger partial charge in [0, 0.05) is 10.5 Å². The summed E-state index contributed by atoms with van der Waals surface area (Å²) in [5, 5.41) is 10.8. The summed E-state index contributed by atoms with van der Waals surface area (Å²) < 4.78 is 0. The maximum Gasteiger partial charge on any atom is 0.276 e. The SMILES string of the molecule is CSc1ccc(/C=N\N=C2\C(=O)Nc3ccccc32)cc1. The molecule has 104 valence electrons. The highest BCUT2D eigenvalue weighted by Gasteiger charge is 2.25. The van der Waals surface area contributed by atoms with Crippen molar-refractivity contribution < 1.29 is 4.79 Å². The number of nitrogens with zero attached hydrogens (tertiary/aromatic N) is 2. The van der Waals surface area contributed by atoms with E-state index in [0.29, 0.717) is 5.71 Å². The summed E-state index contributed by atoms with van der Waals surface area (Å²) in [6.45, 7) is 0. The molecule has 0 fully saturated rings. The molecule has 0 atom stereocenters. The van der Waals surface area contributed by atoms with E-state index in [1.807, 2.05) is 54.8 Å². The van der Waals surface area contributed by atoms with Crippen LogP contribution in [0.1, 0.15) is 11.1 Å². The fourth-order valence-electron chi connectivity index (χ4n) is 2.04. The van der Waals surface area contributed by atoms with Crippen LogP contribution in [0.4, 0.5) is 5.69 Å². The van der Waals surface area contributed by atoms with Gasteiger partial charge in [0.2, 0.25) is 0 Å². The topological polar surface area (TPSA) is 53.8 Å². The first-order valence-corrected chi connectivity index (χ1v) is 7.66. The molecule has 0 saturated carbocycles. The Hall–Kier alpha value is -2.40. The fraction of sp³-hybridized carbons (Fsp3) is 0.0625. The van der Waals surface area contributed by atoms with Crippen LogP contribution in [0.3, 0.4) is 0 Å². The lowest BCUT2D eigenvalue weighted by Crippen LogP contribution is -2.13. The summed E-state index contributed by atoms with van der Waals surface area (Å²) in [6, 6.07) is 15.4. The smallest absolute Gasteiger partial charge is 0.276 e. The summed E-state index contributed by atoms with van der Waals surface area (Å²) in [6.07, 6.45) is 3.68. The number of anilines is 1. The Labute approximate surface area is 127 Å². The molecule has 4 nitrogen and oxygen atoms in total. The van der Waals surface area contributed by atoms with Crippen molar-refractivity contribution in [1.82, 2.24) is 0 Å². The van der Waals surface area contributed by atoms with Crippen LogP contribution in [0.5, 0.6) is 0 Å². The van der Waals surface area contributed by atoms with Gasteiger partial charge in [-0.3, -0.25) is 4.79 Å². The molecule has 1 aliphatic heterocycles. The van der Waals surface area contributed by atoms with Crippen molar-refractivity contribution in [2.24, 2.45) is 10.2 Å². The molecule has 0 radical (unpaired) electrons. The van der Waals surface area contributed by atoms with Crippen LogP contribution >= 0.6 is 11.8 Å². The molecule has 0 aliphatic carbocycles. The second-order valence-corrected chi connectivity index (χ2v) is 5.35. The first-order chi connectivity index (χ1) is 10.3. The van der Waals surface area contributed by atoms with Gasteiger partial charge in [-0.2, -0.15) is 5.10 Å². The Bertz CT molecular complexity index is 735. The third-order valence-corrected chi connectivity index (χ3v) is 3.87. The average Bonchev–Trinajstić information content (AvgIpc) is 2.84. The minimum atomic E-state index is -0.217. The van der Waals surface area contributed by atoms with Crippen LogP contribution in [0.15, 0.2) is 63.6 Å². The molecule has 2 aromatic carbocycles. The lowest BCUT2D eigenvalue weighted by Gasteiger charge is -1.96. The van der Waals surface area contributed by atoms with Crippen molar-refractivity contribution in [3.8, 4) is 0 Å². The third-order valence-electron chi connectivity index (χ3n) is 3.13. The molecule has 1 N–H and O–H groups in total. The van der Waals surface area contributed by atoms with E-state index in [9.17, 15) is 4.79 Å². The molecule has 0 bridgehead atoms. The molecular formula is C16H13N3OS. The van der Waals surface area contributed by atoms with Crippen molar-refractivity contribution in [2.45, 2.75) is 4.90 Å². The number of para-hydroxylation sites is 1. The van der Waals surface area contributed by atoms with Gasteiger partial charge in [0.15, 0.2) is 5.71 Å². The number of hydrogen-bond acceptors (Lipinski definition) is 4. The highest BCUT2D eigenvalue weighted by molar-refractivity contribution is 7.98. The zero-order valence-corrected chi connectivity index (χ0v) is 12.2. The largest absolute Gasteiger partial charge is 0.320 e. The molecular weight excluding hydrogens is 282 g/mol. The summed E-state index contributed by atoms with van der Waals surface area (Å²) >= 11 is 1.69. The highest BCUT2D eigenvalue weighted by atomic mass is 32.2. The Morgan fingerprint density at radius 1 is 1.10 bits per heavy atom. The molecule has 1 aliphatic rings. The van der Waals surface area contributed by atoms with E-state index < -0.39 is 0 Å². The highest BCUT2D eigenvalue weighted by Crippen LogP contribution is 2.22. The van der Waals surface area contributed by atoms with E-state index in [0.717, 1.165) is 16.8 Å². The summed E-state index contributed by atoms with van der Waals surface area (Å²) in [4.78, 5) is 13.0. The molecule has 0 aromatic heterocycles. The van der Waals surface area contributed by atoms with Gasteiger partial charge in [-0.15, -0.1) is 16.9 Å². The fourth-order valence-corrected chi connectivity index (χ4v) is 2.45. The number of carbonyl (C=O) groups excluding carboxylic acids is 1. The first-order valence-electron chi connectivity index (χ1n) is 6.44. The maximum absolute atomic E-state index is 11.8. The molecule has 5 heteroatoms. The normalized spacial score (nSPS) is 15.5. The Kier molecular flexibility index (Phi) is 3.83. The van der Waals surface area contributed by atoms with Gasteiger partial charge in [0.05, 0.1) is 11.9 Å². The molecule has 0 saturated heterocycles. The quantitative estimate of drug-likeness (QED) is 0.537. The summed E-state index contributed by atoms with van der Waals surface area (Å²) in [5.41, 5.74) is 2.87. The predicted octanol–water partition coefficient (Wildman–Crippen LogP) is 3.18. The number of amides is 1. The van der Waals surface area contributed by atoms with Gasteiger partial charge < -0.3 is 5.32 Å². The standard InChI is InChI=1S/C16H13N3OS/c1-21-12-8-6-11(7-9-12)10-17-19-15-13-4-2-3-5-14(13)18-16(15)20/h2-10H,1H3,(H,18,19,20)/b17-10-. The maximum atomic E-state index is 11.8. The van der Waals surface area contributed by atoms with Crippen molar-refractivity contribution in [1.29, 1.82) is 0 Å². The van der Waals surface area contributed by atoms with Gasteiger partial charge in [-0.05, 0) is 30.0 Å². The lowest BCUT2D eigenvalue weighted by molar-refractivity contribution is -0.110. The van der Waals surface area contributed by atoms with Gasteiger partial charge in [0.1, 0.15) is 0 Å². The number of nitrogens with one attached hydrogen (secondary N) is 1. The predicted molar refractivity (Wildman–Crippen MR) is 87.4 cm³/mol. The molecule has 21 heavy (non-hydrogen) atoms. The molecule has 0 unspecified atom stereocenters. The number of fused-ring (bicyclic) bond motifs is 1. The van der Waals surface area contributed by atoms with Crippen LogP contribution < -0.4 is 5.32 Å². The van der Waals surface area contributed by atoms with Crippen molar-refractivity contribution in [3.05, 3.63) is 59.7 Å². The van der Waals surface area contributed by atoms with Gasteiger partial charge >= 0.3 is 0 Å². The first kappa shape index (κ1) is 13.6. The Balaban J connectivity index is 1.82. The van der Waals surface area contributed by atoms with Crippen molar-refractivity contribution in [3.63, 3.8) is 0 Å². The number of thioether (sulfide) groups is 1. The van der Waals surface area contributed by atoms with Crippen LogP contribution in [-0.2, 0) is 4.79 Å². The van der Waals surface area contributed by atoms with Crippen LogP contribution in [0.25, 0.3) is 0 Å². The van der Waals surface area contributed by atoms with E-state index in [1.165, 1.54) is 4.90 Å². The minimum absolute atomic E-state index is 0.217. The minimum Gasteiger partial charge on any atom is -0.320 e. The molecule has 1 heterocycles. The lowest BCUT2D eigenvalue weighted by atomic mass is 10.1. The summed E-state index contributed by atoms with van der Waals surface area (Å²) in [5.74, 6) is -0.217. The Morgan fingerprint density at radius 2 is 1.86 bits per heavy atom. The molecule has 2 aromatic rings. The zero-order valence-electron chi connectivity index (χ0n) is 11.4. The van der Waals surface area contributed by atoms with Gasteiger partial charge in [-0.1, -0.05) is 30.3 Å². The second-order valence-electron chi connectivity index (χ2n) is 4.47. The second kappa shape index (κ2) is 5.93. The average molecular weight is 295 g/mol. The van der Waals surface area contributed by atoms with E-state index in [2.05, 4.69) is 15.5 Å². The van der Waals surface area contributed by atoms with Gasteiger partial charge in [-0.25, -0.2) is 0 Å². The van der Waals surface area contributed by atoms with E-state index in [4.69, 9.17) is 0 Å². The van der Waals surface area contributed by atoms with Crippen molar-refractivity contribution in [2.75, 3.05) is 11.6 Å². The van der Waals surface area contributed by atoms with Crippen LogP contribution in [-0.4, -0.2) is 24.1 Å². The summed E-state index contributed by atoms with van der Waals surface area (Å²) in [7, 11) is 0. The zero-order chi connectivity index (χ0) is 14.7. The van der Waals surface area contributed by atoms with E-state index in [1.54, 1.807) is 18.0 Å². The molecule has 1 amide bonds. The molecule has 0 spiro atoms. The Morgan fingerprint density at radius 3 is 2.62 bits per heavy atom. The van der Waals surface area contributed by atoms with Gasteiger partial charge in [0.25, 0.3) is 5.91 Å². The number of hydrogen-bond donors (Lipinski definition) is 1. The number of carbonyl (C=O) groups is 1. The number of rotatable bonds is 3. The third kappa shape index (κ3) is 2.87. The van der Waals surface area contributed by atoms with Crippen LogP contribution in [0, 0.1) is 0 Å². The monoisotopic (exact) mass is 295 g/mol. The van der Waals surface area contributed by atoms with E-state index in [-0.39, 0.29) is 5.91 Å².